The van der Waals surface area contributed by atoms with Crippen LogP contribution in [0.5, 0.6) is 11.6 Å². The van der Waals surface area contributed by atoms with Crippen LogP contribution in [0.3, 0.4) is 0 Å². The zero-order chi connectivity index (χ0) is 21.7. The number of aliphatic hydroxyl groups excluding tert-OH is 1. The van der Waals surface area contributed by atoms with Crippen LogP contribution in [0.2, 0.25) is 0 Å². The maximum Gasteiger partial charge on any atom is 0.222 e. The number of benzene rings is 2. The standard InChI is InChI=1S/C24H30FN3O2/c1-5-20(29)15-28(17(2)3)16-22-23(18-9-7-6-8-10-18)26-27(4)24(22)30-21-13-11-19(25)12-14-21/h6-14,17,20,29H,5,15-16H2,1-4H3/t20-/m0/s1. The molecule has 0 saturated heterocycles. The lowest BCUT2D eigenvalue weighted by molar-refractivity contribution is 0.0878. The van der Waals surface area contributed by atoms with Crippen LogP contribution >= 0.6 is 0 Å². The Morgan fingerprint density at radius 3 is 2.37 bits per heavy atom. The van der Waals surface area contributed by atoms with E-state index in [9.17, 15) is 9.50 Å². The van der Waals surface area contributed by atoms with E-state index in [-0.39, 0.29) is 11.9 Å². The van der Waals surface area contributed by atoms with Crippen molar-refractivity contribution in [2.75, 3.05) is 6.54 Å². The van der Waals surface area contributed by atoms with Crippen molar-refractivity contribution < 1.29 is 14.2 Å². The summed E-state index contributed by atoms with van der Waals surface area (Å²) < 4.78 is 21.2. The number of hydrogen-bond donors (Lipinski definition) is 1. The van der Waals surface area contributed by atoms with Gasteiger partial charge in [0.25, 0.3) is 0 Å². The lowest BCUT2D eigenvalue weighted by Gasteiger charge is -2.28. The van der Waals surface area contributed by atoms with Gasteiger partial charge in [-0.05, 0) is 44.5 Å². The number of halogens is 1. The summed E-state index contributed by atoms with van der Waals surface area (Å²) >= 11 is 0. The van der Waals surface area contributed by atoms with Gasteiger partial charge in [-0.2, -0.15) is 5.10 Å². The maximum absolute atomic E-state index is 13.3. The molecule has 0 aliphatic carbocycles. The normalized spacial score (nSPS) is 12.5. The Morgan fingerprint density at radius 2 is 1.77 bits per heavy atom. The van der Waals surface area contributed by atoms with Crippen molar-refractivity contribution in [3.63, 3.8) is 0 Å². The van der Waals surface area contributed by atoms with Gasteiger partial charge in [0.2, 0.25) is 5.88 Å². The van der Waals surface area contributed by atoms with Crippen molar-refractivity contribution in [2.24, 2.45) is 7.05 Å². The van der Waals surface area contributed by atoms with Crippen LogP contribution in [-0.4, -0.2) is 38.5 Å². The van der Waals surface area contributed by atoms with E-state index in [1.807, 2.05) is 44.3 Å². The van der Waals surface area contributed by atoms with Gasteiger partial charge in [0.05, 0.1) is 11.7 Å². The molecule has 0 saturated carbocycles. The molecule has 160 valence electrons. The first-order valence-corrected chi connectivity index (χ1v) is 10.4. The summed E-state index contributed by atoms with van der Waals surface area (Å²) in [7, 11) is 1.84. The second-order valence-electron chi connectivity index (χ2n) is 7.76. The van der Waals surface area contributed by atoms with Crippen LogP contribution in [0.15, 0.2) is 54.6 Å². The summed E-state index contributed by atoms with van der Waals surface area (Å²) in [6.45, 7) is 7.34. The molecule has 0 aliphatic heterocycles. The Balaban J connectivity index is 2.03. The topological polar surface area (TPSA) is 50.5 Å². The van der Waals surface area contributed by atoms with E-state index in [0.29, 0.717) is 31.1 Å². The number of rotatable bonds is 9. The van der Waals surface area contributed by atoms with Gasteiger partial charge in [-0.1, -0.05) is 37.3 Å². The molecule has 1 heterocycles. The molecule has 0 spiro atoms. The minimum Gasteiger partial charge on any atom is -0.439 e. The molecule has 0 radical (unpaired) electrons. The third-order valence-corrected chi connectivity index (χ3v) is 5.17. The molecule has 0 unspecified atom stereocenters. The van der Waals surface area contributed by atoms with E-state index in [1.165, 1.54) is 12.1 Å². The van der Waals surface area contributed by atoms with Gasteiger partial charge < -0.3 is 9.84 Å². The number of aliphatic hydroxyl groups is 1. The highest BCUT2D eigenvalue weighted by Crippen LogP contribution is 2.34. The predicted molar refractivity (Wildman–Crippen MR) is 117 cm³/mol. The average Bonchev–Trinajstić information content (AvgIpc) is 3.04. The van der Waals surface area contributed by atoms with Crippen molar-refractivity contribution in [1.82, 2.24) is 14.7 Å². The summed E-state index contributed by atoms with van der Waals surface area (Å²) in [6, 6.07) is 16.2. The summed E-state index contributed by atoms with van der Waals surface area (Å²) in [5.41, 5.74) is 2.77. The molecule has 0 fully saturated rings. The number of aryl methyl sites for hydroxylation is 1. The van der Waals surface area contributed by atoms with Crippen molar-refractivity contribution in [3.8, 4) is 22.9 Å². The summed E-state index contributed by atoms with van der Waals surface area (Å²) in [4.78, 5) is 2.22. The van der Waals surface area contributed by atoms with Gasteiger partial charge in [-0.25, -0.2) is 9.07 Å². The fourth-order valence-electron chi connectivity index (χ4n) is 3.33. The van der Waals surface area contributed by atoms with Crippen LogP contribution < -0.4 is 4.74 Å². The molecule has 0 amide bonds. The van der Waals surface area contributed by atoms with Crippen LogP contribution in [0.1, 0.15) is 32.8 Å². The molecule has 0 aliphatic rings. The molecule has 2 aromatic carbocycles. The summed E-state index contributed by atoms with van der Waals surface area (Å²) in [6.07, 6.45) is 0.298. The zero-order valence-electron chi connectivity index (χ0n) is 18.0. The van der Waals surface area contributed by atoms with E-state index >= 15 is 0 Å². The largest absolute Gasteiger partial charge is 0.439 e. The Bertz CT molecular complexity index is 939. The SMILES string of the molecule is CC[C@H](O)CN(Cc1c(-c2ccccc2)nn(C)c1Oc1ccc(F)cc1)C(C)C. The lowest BCUT2D eigenvalue weighted by Crippen LogP contribution is -2.37. The molecule has 5 nitrogen and oxygen atoms in total. The monoisotopic (exact) mass is 411 g/mol. The first-order chi connectivity index (χ1) is 14.4. The molecule has 30 heavy (non-hydrogen) atoms. The van der Waals surface area contributed by atoms with Crippen LogP contribution in [0.25, 0.3) is 11.3 Å². The molecule has 3 aromatic rings. The highest BCUT2D eigenvalue weighted by Gasteiger charge is 2.24. The second kappa shape index (κ2) is 9.87. The fourth-order valence-corrected chi connectivity index (χ4v) is 3.33. The van der Waals surface area contributed by atoms with Gasteiger partial charge >= 0.3 is 0 Å². The first-order valence-electron chi connectivity index (χ1n) is 10.4. The number of nitrogens with zero attached hydrogens (tertiary/aromatic N) is 3. The number of aromatic nitrogens is 2. The van der Waals surface area contributed by atoms with Crippen LogP contribution in [-0.2, 0) is 13.6 Å². The molecule has 0 bridgehead atoms. The molecule has 1 atom stereocenters. The fraction of sp³-hybridized carbons (Fsp3) is 0.375. The third kappa shape index (κ3) is 5.26. The summed E-state index contributed by atoms with van der Waals surface area (Å²) in [5, 5.41) is 15.0. The van der Waals surface area contributed by atoms with Crippen LogP contribution in [0.4, 0.5) is 4.39 Å². The van der Waals surface area contributed by atoms with Gasteiger partial charge in [0.1, 0.15) is 17.3 Å². The number of ether oxygens (including phenoxy) is 1. The molecule has 1 aromatic heterocycles. The predicted octanol–water partition coefficient (Wildman–Crippen LogP) is 5.00. The second-order valence-corrected chi connectivity index (χ2v) is 7.76. The van der Waals surface area contributed by atoms with E-state index < -0.39 is 6.10 Å². The van der Waals surface area contributed by atoms with Crippen molar-refractivity contribution >= 4 is 0 Å². The van der Waals surface area contributed by atoms with E-state index in [4.69, 9.17) is 9.84 Å². The molecular formula is C24H30FN3O2. The van der Waals surface area contributed by atoms with Crippen LogP contribution in [0, 0.1) is 5.82 Å². The Hall–Kier alpha value is -2.70. The highest BCUT2D eigenvalue weighted by molar-refractivity contribution is 5.65. The highest BCUT2D eigenvalue weighted by atomic mass is 19.1. The Kier molecular flexibility index (Phi) is 7.24. The molecule has 3 rings (SSSR count). The van der Waals surface area contributed by atoms with Gasteiger partial charge in [-0.15, -0.1) is 0 Å². The van der Waals surface area contributed by atoms with Gasteiger partial charge in [-0.3, -0.25) is 4.90 Å². The quantitative estimate of drug-likeness (QED) is 0.538. The minimum atomic E-state index is -0.397. The molecule has 1 N–H and O–H groups in total. The summed E-state index contributed by atoms with van der Waals surface area (Å²) in [5.74, 6) is 0.846. The van der Waals surface area contributed by atoms with E-state index in [2.05, 4.69) is 18.7 Å². The maximum atomic E-state index is 13.3. The molecular weight excluding hydrogens is 381 g/mol. The van der Waals surface area contributed by atoms with Crippen molar-refractivity contribution in [3.05, 3.63) is 66.0 Å². The van der Waals surface area contributed by atoms with Gasteiger partial charge in [0.15, 0.2) is 0 Å². The van der Waals surface area contributed by atoms with E-state index in [1.54, 1.807) is 16.8 Å². The van der Waals surface area contributed by atoms with E-state index in [0.717, 1.165) is 16.8 Å². The number of hydrogen-bond acceptors (Lipinski definition) is 4. The van der Waals surface area contributed by atoms with Crippen molar-refractivity contribution in [2.45, 2.75) is 45.9 Å². The smallest absolute Gasteiger partial charge is 0.222 e. The molecule has 6 heteroatoms. The van der Waals surface area contributed by atoms with Gasteiger partial charge in [0, 0.05) is 31.7 Å². The third-order valence-electron chi connectivity index (χ3n) is 5.17. The lowest BCUT2D eigenvalue weighted by atomic mass is 10.1. The average molecular weight is 412 g/mol. The Morgan fingerprint density at radius 1 is 1.10 bits per heavy atom. The minimum absolute atomic E-state index is 0.230. The Labute approximate surface area is 177 Å². The first kappa shape index (κ1) is 22.0. The zero-order valence-corrected chi connectivity index (χ0v) is 18.0. The van der Waals surface area contributed by atoms with Crippen molar-refractivity contribution in [1.29, 1.82) is 0 Å².